The van der Waals surface area contributed by atoms with Gasteiger partial charge in [0, 0.05) is 13.1 Å². The van der Waals surface area contributed by atoms with E-state index in [1.165, 1.54) is 17.9 Å². The van der Waals surface area contributed by atoms with Crippen molar-refractivity contribution in [2.45, 2.75) is 31.7 Å². The first-order chi connectivity index (χ1) is 4.34. The summed E-state index contributed by atoms with van der Waals surface area (Å²) in [4.78, 5) is 9.97. The maximum atomic E-state index is 9.97. The van der Waals surface area contributed by atoms with E-state index in [1.54, 1.807) is 7.05 Å². The predicted octanol–water partition coefficient (Wildman–Crippen LogP) is 1.54. The quantitative estimate of drug-likeness (QED) is 0.417. The fraction of sp³-hybridized carbons (Fsp3) is 1.00. The molecule has 0 radical (unpaired) electrons. The topological polar surface area (TPSA) is 32.7 Å². The first-order valence-corrected chi connectivity index (χ1v) is 3.40. The molecule has 1 aliphatic rings. The van der Waals surface area contributed by atoms with Crippen molar-refractivity contribution < 1.29 is 0 Å². The van der Waals surface area contributed by atoms with E-state index < -0.39 is 0 Å². The molecule has 0 aromatic rings. The van der Waals surface area contributed by atoms with E-state index in [0.29, 0.717) is 6.04 Å². The molecule has 0 saturated heterocycles. The van der Waals surface area contributed by atoms with Crippen LogP contribution in [0, 0.1) is 4.91 Å². The molecule has 1 aliphatic carbocycles. The molecule has 3 nitrogen and oxygen atoms in total. The third kappa shape index (κ3) is 1.40. The largest absolute Gasteiger partial charge is 0.261 e. The van der Waals surface area contributed by atoms with Crippen LogP contribution in [0.2, 0.25) is 0 Å². The molecular weight excluding hydrogens is 116 g/mol. The van der Waals surface area contributed by atoms with Crippen molar-refractivity contribution in [1.82, 2.24) is 5.01 Å². The third-order valence-electron chi connectivity index (χ3n) is 1.98. The lowest BCUT2D eigenvalue weighted by Gasteiger charge is -2.15. The lowest BCUT2D eigenvalue weighted by atomic mass is 10.2. The van der Waals surface area contributed by atoms with Gasteiger partial charge in [0.05, 0.1) is 5.29 Å². The number of rotatable bonds is 2. The van der Waals surface area contributed by atoms with Gasteiger partial charge in [0.1, 0.15) is 0 Å². The van der Waals surface area contributed by atoms with Crippen LogP contribution >= 0.6 is 0 Å². The van der Waals surface area contributed by atoms with E-state index in [4.69, 9.17) is 0 Å². The van der Waals surface area contributed by atoms with Crippen LogP contribution in [-0.4, -0.2) is 18.1 Å². The van der Waals surface area contributed by atoms with Crippen LogP contribution in [0.4, 0.5) is 0 Å². The molecule has 0 heterocycles. The van der Waals surface area contributed by atoms with Gasteiger partial charge in [0.25, 0.3) is 0 Å². The van der Waals surface area contributed by atoms with Crippen LogP contribution in [0.5, 0.6) is 0 Å². The van der Waals surface area contributed by atoms with Gasteiger partial charge >= 0.3 is 0 Å². The van der Waals surface area contributed by atoms with Gasteiger partial charge in [-0.25, -0.2) is 0 Å². The van der Waals surface area contributed by atoms with Crippen molar-refractivity contribution in [1.29, 1.82) is 0 Å². The average molecular weight is 128 g/mol. The summed E-state index contributed by atoms with van der Waals surface area (Å²) in [6, 6.07) is 0.433. The summed E-state index contributed by atoms with van der Waals surface area (Å²) < 4.78 is 0. The highest BCUT2D eigenvalue weighted by atomic mass is 16.3. The highest BCUT2D eigenvalue weighted by Gasteiger charge is 2.18. The summed E-state index contributed by atoms with van der Waals surface area (Å²) in [6.45, 7) is 0. The molecule has 0 N–H and O–H groups in total. The first-order valence-electron chi connectivity index (χ1n) is 3.40. The molecule has 1 rings (SSSR count). The maximum absolute atomic E-state index is 9.97. The van der Waals surface area contributed by atoms with Crippen LogP contribution in [0.3, 0.4) is 0 Å². The smallest absolute Gasteiger partial charge is 0.0523 e. The summed E-state index contributed by atoms with van der Waals surface area (Å²) in [5, 5.41) is 4.39. The molecule has 9 heavy (non-hydrogen) atoms. The highest BCUT2D eigenvalue weighted by Crippen LogP contribution is 2.21. The SMILES string of the molecule is CN(N=O)C1CCCC1. The number of hydrogen-bond acceptors (Lipinski definition) is 2. The molecule has 3 heteroatoms. The third-order valence-corrected chi connectivity index (χ3v) is 1.98. The maximum Gasteiger partial charge on any atom is 0.0523 e. The molecule has 52 valence electrons. The van der Waals surface area contributed by atoms with Crippen LogP contribution in [0.15, 0.2) is 5.29 Å². The van der Waals surface area contributed by atoms with Crippen LogP contribution in [0.25, 0.3) is 0 Å². The van der Waals surface area contributed by atoms with Crippen LogP contribution in [0.1, 0.15) is 25.7 Å². The van der Waals surface area contributed by atoms with Gasteiger partial charge in [0.15, 0.2) is 0 Å². The minimum atomic E-state index is 0.433. The molecule has 0 amide bonds. The minimum Gasteiger partial charge on any atom is -0.261 e. The van der Waals surface area contributed by atoms with Crippen molar-refractivity contribution in [3.8, 4) is 0 Å². The van der Waals surface area contributed by atoms with E-state index in [2.05, 4.69) is 5.29 Å². The monoisotopic (exact) mass is 128 g/mol. The summed E-state index contributed by atoms with van der Waals surface area (Å²) >= 11 is 0. The lowest BCUT2D eigenvalue weighted by Crippen LogP contribution is -2.22. The Morgan fingerprint density at radius 3 is 2.44 bits per heavy atom. The second-order valence-electron chi connectivity index (χ2n) is 2.59. The van der Waals surface area contributed by atoms with Crippen LogP contribution in [-0.2, 0) is 0 Å². The average Bonchev–Trinajstić information content (AvgIpc) is 2.37. The van der Waals surface area contributed by atoms with Gasteiger partial charge in [-0.1, -0.05) is 12.8 Å². The molecular formula is C6H12N2O. The predicted molar refractivity (Wildman–Crippen MR) is 35.8 cm³/mol. The summed E-state index contributed by atoms with van der Waals surface area (Å²) in [5.74, 6) is 0. The minimum absolute atomic E-state index is 0.433. The van der Waals surface area contributed by atoms with Gasteiger partial charge < -0.3 is 0 Å². The van der Waals surface area contributed by atoms with Crippen molar-refractivity contribution in [3.05, 3.63) is 4.91 Å². The molecule has 0 atom stereocenters. The lowest BCUT2D eigenvalue weighted by molar-refractivity contribution is 0.254. The van der Waals surface area contributed by atoms with E-state index in [9.17, 15) is 4.91 Å². The second-order valence-corrected chi connectivity index (χ2v) is 2.59. The molecule has 0 bridgehead atoms. The van der Waals surface area contributed by atoms with Crippen molar-refractivity contribution in [2.75, 3.05) is 7.05 Å². The molecule has 1 saturated carbocycles. The molecule has 0 aliphatic heterocycles. The van der Waals surface area contributed by atoms with Crippen molar-refractivity contribution >= 4 is 0 Å². The number of hydrogen-bond donors (Lipinski definition) is 0. The van der Waals surface area contributed by atoms with E-state index >= 15 is 0 Å². The summed E-state index contributed by atoms with van der Waals surface area (Å²) in [5.41, 5.74) is 0. The zero-order chi connectivity index (χ0) is 6.69. The van der Waals surface area contributed by atoms with Gasteiger partial charge in [0.2, 0.25) is 0 Å². The fourth-order valence-electron chi connectivity index (χ4n) is 1.34. The van der Waals surface area contributed by atoms with E-state index in [-0.39, 0.29) is 0 Å². The van der Waals surface area contributed by atoms with Gasteiger partial charge in [-0.15, -0.1) is 4.91 Å². The molecule has 0 unspecified atom stereocenters. The van der Waals surface area contributed by atoms with Gasteiger partial charge in [-0.05, 0) is 12.8 Å². The number of nitrogens with zero attached hydrogens (tertiary/aromatic N) is 2. The second kappa shape index (κ2) is 2.80. The summed E-state index contributed by atoms with van der Waals surface area (Å²) in [7, 11) is 1.75. The van der Waals surface area contributed by atoms with Gasteiger partial charge in [-0.2, -0.15) is 0 Å². The Kier molecular flexibility index (Phi) is 2.03. The normalized spacial score (nSPS) is 20.1. The summed E-state index contributed by atoms with van der Waals surface area (Å²) in [6.07, 6.45) is 4.79. The Morgan fingerprint density at radius 2 is 2.00 bits per heavy atom. The van der Waals surface area contributed by atoms with E-state index in [0.717, 1.165) is 12.8 Å². The van der Waals surface area contributed by atoms with Crippen molar-refractivity contribution in [2.24, 2.45) is 5.29 Å². The zero-order valence-corrected chi connectivity index (χ0v) is 5.71. The fourth-order valence-corrected chi connectivity index (χ4v) is 1.34. The van der Waals surface area contributed by atoms with E-state index in [1.807, 2.05) is 0 Å². The first kappa shape index (κ1) is 6.52. The Labute approximate surface area is 55.0 Å². The molecule has 1 fully saturated rings. The Morgan fingerprint density at radius 1 is 1.44 bits per heavy atom. The Bertz CT molecular complexity index is 99.2. The standard InChI is InChI=1S/C6H12N2O/c1-8(7-9)6-4-2-3-5-6/h6H,2-5H2,1H3. The molecule has 0 spiro atoms. The number of nitroso groups, excluding NO2 is 1. The van der Waals surface area contributed by atoms with Crippen molar-refractivity contribution in [3.63, 3.8) is 0 Å². The zero-order valence-electron chi connectivity index (χ0n) is 5.71. The Hall–Kier alpha value is -0.600. The molecule has 0 aromatic carbocycles. The molecule has 0 aromatic heterocycles. The van der Waals surface area contributed by atoms with Crippen LogP contribution < -0.4 is 0 Å². The highest BCUT2D eigenvalue weighted by molar-refractivity contribution is 4.72. The Balaban J connectivity index is 2.32. The van der Waals surface area contributed by atoms with Gasteiger partial charge in [-0.3, -0.25) is 5.01 Å².